The summed E-state index contributed by atoms with van der Waals surface area (Å²) >= 11 is 1.20. The third-order valence-electron chi connectivity index (χ3n) is 3.04. The van der Waals surface area contributed by atoms with Crippen molar-refractivity contribution in [3.05, 3.63) is 65.2 Å². The Kier molecular flexibility index (Phi) is 5.17. The number of hydrogen-bond acceptors (Lipinski definition) is 4. The zero-order valence-electron chi connectivity index (χ0n) is 12.0. The second-order valence-electron chi connectivity index (χ2n) is 4.47. The topological polar surface area (TPSA) is 43.4 Å². The number of methoxy groups -OCH3 is 1. The first-order valence-electron chi connectivity index (χ1n) is 6.52. The molecule has 0 unspecified atom stereocenters. The maximum absolute atomic E-state index is 12.7. The van der Waals surface area contributed by atoms with E-state index in [1.165, 1.54) is 18.7 Å². The lowest BCUT2D eigenvalue weighted by atomic mass is 9.98. The number of ketones is 1. The van der Waals surface area contributed by atoms with Crippen LogP contribution in [0.1, 0.15) is 28.4 Å². The zero-order chi connectivity index (χ0) is 15.2. The minimum Gasteiger partial charge on any atom is -0.496 e. The first-order chi connectivity index (χ1) is 10.1. The van der Waals surface area contributed by atoms with Gasteiger partial charge in [0.25, 0.3) is 0 Å². The van der Waals surface area contributed by atoms with Gasteiger partial charge in [0, 0.05) is 18.2 Å². The van der Waals surface area contributed by atoms with Gasteiger partial charge in [0.1, 0.15) is 5.75 Å². The third kappa shape index (κ3) is 3.73. The van der Waals surface area contributed by atoms with Crippen molar-refractivity contribution in [1.29, 1.82) is 0 Å². The standard InChI is InChI=1S/C17H16O3S/c1-12(18)21-11-13-7-3-4-8-14(13)17(19)15-9-5-6-10-16(15)20-2/h3-10H,11H2,1-2H3. The molecule has 0 atom stereocenters. The summed E-state index contributed by atoms with van der Waals surface area (Å²) < 4.78 is 5.25. The summed E-state index contributed by atoms with van der Waals surface area (Å²) in [5.41, 5.74) is 1.99. The Bertz CT molecular complexity index is 665. The average molecular weight is 300 g/mol. The quantitative estimate of drug-likeness (QED) is 0.790. The molecule has 0 bridgehead atoms. The summed E-state index contributed by atoms with van der Waals surface area (Å²) in [4.78, 5) is 23.8. The molecule has 2 rings (SSSR count). The van der Waals surface area contributed by atoms with Gasteiger partial charge in [0.15, 0.2) is 10.9 Å². The highest BCUT2D eigenvalue weighted by Gasteiger charge is 2.17. The summed E-state index contributed by atoms with van der Waals surface area (Å²) in [6.45, 7) is 1.52. The summed E-state index contributed by atoms with van der Waals surface area (Å²) in [6, 6.07) is 14.5. The van der Waals surface area contributed by atoms with Gasteiger partial charge in [-0.2, -0.15) is 0 Å². The number of carbonyl (C=O) groups excluding carboxylic acids is 2. The van der Waals surface area contributed by atoms with Crippen LogP contribution in [0, 0.1) is 0 Å². The minimum absolute atomic E-state index is 0.0366. The molecule has 2 aromatic rings. The second-order valence-corrected chi connectivity index (χ2v) is 5.62. The number of carbonyl (C=O) groups is 2. The summed E-state index contributed by atoms with van der Waals surface area (Å²) in [5, 5.41) is 0.0366. The molecule has 0 aliphatic carbocycles. The van der Waals surface area contributed by atoms with Crippen molar-refractivity contribution in [1.82, 2.24) is 0 Å². The number of hydrogen-bond donors (Lipinski definition) is 0. The fourth-order valence-electron chi connectivity index (χ4n) is 2.02. The Hall–Kier alpha value is -2.07. The lowest BCUT2D eigenvalue weighted by Crippen LogP contribution is -2.07. The highest BCUT2D eigenvalue weighted by Crippen LogP contribution is 2.24. The molecule has 0 aromatic heterocycles. The molecule has 0 N–H and O–H groups in total. The fraction of sp³-hybridized carbons (Fsp3) is 0.176. The van der Waals surface area contributed by atoms with Crippen LogP contribution in [0.15, 0.2) is 48.5 Å². The van der Waals surface area contributed by atoms with Gasteiger partial charge in [-0.25, -0.2) is 0 Å². The highest BCUT2D eigenvalue weighted by atomic mass is 32.2. The molecule has 0 spiro atoms. The molecule has 0 aliphatic heterocycles. The smallest absolute Gasteiger partial charge is 0.197 e. The predicted octanol–water partition coefficient (Wildman–Crippen LogP) is 3.71. The predicted molar refractivity (Wildman–Crippen MR) is 84.8 cm³/mol. The molecular formula is C17H16O3S. The van der Waals surface area contributed by atoms with E-state index in [1.54, 1.807) is 25.3 Å². The van der Waals surface area contributed by atoms with Crippen molar-refractivity contribution >= 4 is 22.7 Å². The average Bonchev–Trinajstić information content (AvgIpc) is 2.52. The van der Waals surface area contributed by atoms with E-state index in [-0.39, 0.29) is 10.9 Å². The monoisotopic (exact) mass is 300 g/mol. The van der Waals surface area contributed by atoms with E-state index >= 15 is 0 Å². The molecule has 0 saturated carbocycles. The van der Waals surface area contributed by atoms with Crippen LogP contribution in [-0.4, -0.2) is 18.0 Å². The van der Waals surface area contributed by atoms with Crippen molar-refractivity contribution in [2.75, 3.05) is 7.11 Å². The van der Waals surface area contributed by atoms with Gasteiger partial charge in [-0.15, -0.1) is 0 Å². The Morgan fingerprint density at radius 3 is 2.29 bits per heavy atom. The summed E-state index contributed by atoms with van der Waals surface area (Å²) in [6.07, 6.45) is 0. The van der Waals surface area contributed by atoms with Crippen LogP contribution in [0.2, 0.25) is 0 Å². The number of rotatable bonds is 5. The lowest BCUT2D eigenvalue weighted by molar-refractivity contribution is -0.109. The Morgan fingerprint density at radius 1 is 1.00 bits per heavy atom. The van der Waals surface area contributed by atoms with Crippen molar-refractivity contribution in [2.45, 2.75) is 12.7 Å². The maximum Gasteiger partial charge on any atom is 0.197 e. The Balaban J connectivity index is 2.37. The van der Waals surface area contributed by atoms with Gasteiger partial charge in [0.2, 0.25) is 0 Å². The molecule has 0 fully saturated rings. The SMILES string of the molecule is COc1ccccc1C(=O)c1ccccc1CSC(C)=O. The minimum atomic E-state index is -0.0906. The van der Waals surface area contributed by atoms with Crippen LogP contribution in [0.3, 0.4) is 0 Å². The van der Waals surface area contributed by atoms with Crippen molar-refractivity contribution in [3.8, 4) is 5.75 Å². The van der Waals surface area contributed by atoms with E-state index in [0.717, 1.165) is 5.56 Å². The van der Waals surface area contributed by atoms with E-state index in [1.807, 2.05) is 30.3 Å². The molecule has 4 heteroatoms. The van der Waals surface area contributed by atoms with E-state index in [9.17, 15) is 9.59 Å². The van der Waals surface area contributed by atoms with Crippen molar-refractivity contribution < 1.29 is 14.3 Å². The van der Waals surface area contributed by atoms with E-state index in [4.69, 9.17) is 4.74 Å². The van der Waals surface area contributed by atoms with Crippen LogP contribution in [0.5, 0.6) is 5.75 Å². The maximum atomic E-state index is 12.7. The van der Waals surface area contributed by atoms with Crippen LogP contribution in [-0.2, 0) is 10.5 Å². The van der Waals surface area contributed by atoms with E-state index in [2.05, 4.69) is 0 Å². The van der Waals surface area contributed by atoms with Crippen molar-refractivity contribution in [3.63, 3.8) is 0 Å². The number of thioether (sulfide) groups is 1. The van der Waals surface area contributed by atoms with Crippen LogP contribution in [0.4, 0.5) is 0 Å². The fourth-order valence-corrected chi connectivity index (χ4v) is 2.63. The number of ether oxygens (including phenoxy) is 1. The zero-order valence-corrected chi connectivity index (χ0v) is 12.8. The van der Waals surface area contributed by atoms with E-state index in [0.29, 0.717) is 22.6 Å². The Morgan fingerprint density at radius 2 is 1.62 bits per heavy atom. The molecule has 0 amide bonds. The molecule has 0 heterocycles. The summed E-state index contributed by atoms with van der Waals surface area (Å²) in [5.74, 6) is 0.954. The first kappa shape index (κ1) is 15.3. The Labute approximate surface area is 128 Å². The molecular weight excluding hydrogens is 284 g/mol. The van der Waals surface area contributed by atoms with E-state index < -0.39 is 0 Å². The molecule has 0 saturated heterocycles. The largest absolute Gasteiger partial charge is 0.496 e. The summed E-state index contributed by atoms with van der Waals surface area (Å²) in [7, 11) is 1.55. The van der Waals surface area contributed by atoms with Gasteiger partial charge in [-0.1, -0.05) is 48.2 Å². The lowest BCUT2D eigenvalue weighted by Gasteiger charge is -2.10. The molecule has 0 radical (unpaired) electrons. The van der Waals surface area contributed by atoms with Crippen LogP contribution < -0.4 is 4.74 Å². The van der Waals surface area contributed by atoms with Crippen molar-refractivity contribution in [2.24, 2.45) is 0 Å². The molecule has 0 aliphatic rings. The van der Waals surface area contributed by atoms with Gasteiger partial charge < -0.3 is 4.74 Å². The van der Waals surface area contributed by atoms with Crippen LogP contribution >= 0.6 is 11.8 Å². The number of para-hydroxylation sites is 1. The molecule has 21 heavy (non-hydrogen) atoms. The molecule has 2 aromatic carbocycles. The first-order valence-corrected chi connectivity index (χ1v) is 7.51. The van der Waals surface area contributed by atoms with Gasteiger partial charge in [-0.05, 0) is 17.7 Å². The van der Waals surface area contributed by atoms with Crippen LogP contribution in [0.25, 0.3) is 0 Å². The second kappa shape index (κ2) is 7.09. The van der Waals surface area contributed by atoms with Gasteiger partial charge in [0.05, 0.1) is 12.7 Å². The van der Waals surface area contributed by atoms with Gasteiger partial charge in [-0.3, -0.25) is 9.59 Å². The third-order valence-corrected chi connectivity index (χ3v) is 3.91. The highest BCUT2D eigenvalue weighted by molar-refractivity contribution is 8.12. The normalized spacial score (nSPS) is 10.2. The molecule has 3 nitrogen and oxygen atoms in total. The molecule has 108 valence electrons. The number of benzene rings is 2. The van der Waals surface area contributed by atoms with Gasteiger partial charge >= 0.3 is 0 Å².